The molecule has 22 heavy (non-hydrogen) atoms. The van der Waals surface area contributed by atoms with E-state index < -0.39 is 0 Å². The zero-order valence-electron chi connectivity index (χ0n) is 13.0. The van der Waals surface area contributed by atoms with Gasteiger partial charge in [-0.15, -0.1) is 0 Å². The Morgan fingerprint density at radius 1 is 1.41 bits per heavy atom. The molecular weight excluding hydrogens is 278 g/mol. The molecular formula is C16H19N5O. The zero-order chi connectivity index (χ0) is 16.1. The number of carbonyl (C=O) groups is 1. The highest BCUT2D eigenvalue weighted by Gasteiger charge is 2.09. The minimum atomic E-state index is -0.0764. The van der Waals surface area contributed by atoms with Crippen LogP contribution in [0.25, 0.3) is 0 Å². The van der Waals surface area contributed by atoms with E-state index in [1.165, 1.54) is 6.20 Å². The monoisotopic (exact) mass is 297 g/mol. The molecule has 0 radical (unpaired) electrons. The standard InChI is InChI=1S/C16H19N5O/c1-12-4-6-14(21(12)3)10-19-16(22)11-20(2)15-7-5-13(8-17)9-18-15/h4-7,9H,10-11H2,1-3H3,(H,19,22). The highest BCUT2D eigenvalue weighted by Crippen LogP contribution is 2.09. The lowest BCUT2D eigenvalue weighted by Crippen LogP contribution is -2.35. The number of nitriles is 1. The Kier molecular flexibility index (Phi) is 4.79. The van der Waals surface area contributed by atoms with Gasteiger partial charge in [0.2, 0.25) is 5.91 Å². The zero-order valence-corrected chi connectivity index (χ0v) is 13.0. The summed E-state index contributed by atoms with van der Waals surface area (Å²) in [6, 6.07) is 9.45. The van der Waals surface area contributed by atoms with Crippen molar-refractivity contribution >= 4 is 11.7 Å². The highest BCUT2D eigenvalue weighted by molar-refractivity contribution is 5.80. The number of amides is 1. The van der Waals surface area contributed by atoms with Crippen LogP contribution in [0.4, 0.5) is 5.82 Å². The first kappa shape index (κ1) is 15.6. The summed E-state index contributed by atoms with van der Waals surface area (Å²) in [6.07, 6.45) is 1.50. The van der Waals surface area contributed by atoms with Crippen LogP contribution in [-0.4, -0.2) is 29.1 Å². The van der Waals surface area contributed by atoms with Crippen LogP contribution in [0.15, 0.2) is 30.5 Å². The molecule has 1 N–H and O–H groups in total. The summed E-state index contributed by atoms with van der Waals surface area (Å²) in [5.74, 6) is 0.580. The van der Waals surface area contributed by atoms with Crippen molar-refractivity contribution in [3.8, 4) is 6.07 Å². The van der Waals surface area contributed by atoms with Crippen molar-refractivity contribution in [3.05, 3.63) is 47.4 Å². The maximum Gasteiger partial charge on any atom is 0.239 e. The summed E-state index contributed by atoms with van der Waals surface area (Å²) in [5.41, 5.74) is 2.72. The van der Waals surface area contributed by atoms with Crippen molar-refractivity contribution in [2.45, 2.75) is 13.5 Å². The van der Waals surface area contributed by atoms with Crippen molar-refractivity contribution < 1.29 is 4.79 Å². The molecule has 0 aliphatic heterocycles. The molecule has 0 aliphatic rings. The van der Waals surface area contributed by atoms with Crippen LogP contribution in [0, 0.1) is 18.3 Å². The van der Waals surface area contributed by atoms with E-state index in [9.17, 15) is 4.79 Å². The van der Waals surface area contributed by atoms with Crippen LogP contribution in [0.1, 0.15) is 17.0 Å². The van der Waals surface area contributed by atoms with Gasteiger partial charge < -0.3 is 14.8 Å². The van der Waals surface area contributed by atoms with E-state index >= 15 is 0 Å². The van der Waals surface area contributed by atoms with Gasteiger partial charge in [-0.2, -0.15) is 5.26 Å². The number of nitrogens with one attached hydrogen (secondary N) is 1. The number of nitrogens with zero attached hydrogens (tertiary/aromatic N) is 4. The number of aryl methyl sites for hydroxylation is 1. The summed E-state index contributed by atoms with van der Waals surface area (Å²) in [4.78, 5) is 17.9. The van der Waals surface area contributed by atoms with Crippen LogP contribution >= 0.6 is 0 Å². The largest absolute Gasteiger partial charge is 0.350 e. The Labute approximate surface area is 130 Å². The molecule has 0 spiro atoms. The Hall–Kier alpha value is -2.81. The molecule has 2 aromatic heterocycles. The molecule has 2 heterocycles. The summed E-state index contributed by atoms with van der Waals surface area (Å²) in [6.45, 7) is 2.73. The SMILES string of the molecule is Cc1ccc(CNC(=O)CN(C)c2ccc(C#N)cn2)n1C. The molecule has 2 aromatic rings. The van der Waals surface area contributed by atoms with Crippen LogP contribution < -0.4 is 10.2 Å². The predicted molar refractivity (Wildman–Crippen MR) is 84.2 cm³/mol. The molecule has 0 atom stereocenters. The van der Waals surface area contributed by atoms with Gasteiger partial charge in [-0.1, -0.05) is 0 Å². The van der Waals surface area contributed by atoms with Crippen LogP contribution in [0.5, 0.6) is 0 Å². The maximum atomic E-state index is 12.0. The minimum Gasteiger partial charge on any atom is -0.350 e. The number of anilines is 1. The van der Waals surface area contributed by atoms with Gasteiger partial charge in [-0.25, -0.2) is 4.98 Å². The van der Waals surface area contributed by atoms with E-state index in [1.54, 1.807) is 24.1 Å². The molecule has 6 heteroatoms. The first-order chi connectivity index (χ1) is 10.5. The van der Waals surface area contributed by atoms with E-state index in [4.69, 9.17) is 5.26 Å². The summed E-state index contributed by atoms with van der Waals surface area (Å²) < 4.78 is 2.05. The van der Waals surface area contributed by atoms with Gasteiger partial charge in [0.25, 0.3) is 0 Å². The molecule has 0 saturated heterocycles. The molecule has 0 fully saturated rings. The van der Waals surface area contributed by atoms with Gasteiger partial charge in [0.15, 0.2) is 0 Å². The lowest BCUT2D eigenvalue weighted by molar-refractivity contribution is -0.119. The van der Waals surface area contributed by atoms with Crippen molar-refractivity contribution in [2.24, 2.45) is 7.05 Å². The number of rotatable bonds is 5. The molecule has 0 unspecified atom stereocenters. The van der Waals surface area contributed by atoms with Crippen molar-refractivity contribution in [1.82, 2.24) is 14.9 Å². The van der Waals surface area contributed by atoms with Gasteiger partial charge >= 0.3 is 0 Å². The Bertz CT molecular complexity index is 696. The van der Waals surface area contributed by atoms with Gasteiger partial charge in [-0.3, -0.25) is 4.79 Å². The second kappa shape index (κ2) is 6.76. The second-order valence-corrected chi connectivity index (χ2v) is 5.17. The number of hydrogen-bond donors (Lipinski definition) is 1. The smallest absolute Gasteiger partial charge is 0.239 e. The van der Waals surface area contributed by atoms with E-state index in [1.807, 2.05) is 36.7 Å². The lowest BCUT2D eigenvalue weighted by Gasteiger charge is -2.17. The molecule has 114 valence electrons. The van der Waals surface area contributed by atoms with Crippen LogP contribution in [-0.2, 0) is 18.4 Å². The lowest BCUT2D eigenvalue weighted by atomic mass is 10.3. The fourth-order valence-electron chi connectivity index (χ4n) is 2.06. The average Bonchev–Trinajstić information content (AvgIpc) is 2.84. The van der Waals surface area contributed by atoms with E-state index in [-0.39, 0.29) is 12.5 Å². The third-order valence-corrected chi connectivity index (χ3v) is 3.59. The maximum absolute atomic E-state index is 12.0. The second-order valence-electron chi connectivity index (χ2n) is 5.17. The Balaban J connectivity index is 1.88. The predicted octanol–water partition coefficient (Wildman–Crippen LogP) is 1.35. The Morgan fingerprint density at radius 3 is 2.73 bits per heavy atom. The van der Waals surface area contributed by atoms with Crippen molar-refractivity contribution in [2.75, 3.05) is 18.5 Å². The average molecular weight is 297 g/mol. The normalized spacial score (nSPS) is 10.1. The third kappa shape index (κ3) is 3.64. The first-order valence-electron chi connectivity index (χ1n) is 6.96. The van der Waals surface area contributed by atoms with Crippen molar-refractivity contribution in [1.29, 1.82) is 5.26 Å². The third-order valence-electron chi connectivity index (χ3n) is 3.59. The molecule has 6 nitrogen and oxygen atoms in total. The van der Waals surface area contributed by atoms with Gasteiger partial charge in [0.1, 0.15) is 11.9 Å². The molecule has 1 amide bonds. The van der Waals surface area contributed by atoms with Crippen LogP contribution in [0.3, 0.4) is 0 Å². The number of pyridine rings is 1. The summed E-state index contributed by atoms with van der Waals surface area (Å²) >= 11 is 0. The first-order valence-corrected chi connectivity index (χ1v) is 6.96. The topological polar surface area (TPSA) is 74.0 Å². The number of aromatic nitrogens is 2. The summed E-state index contributed by atoms with van der Waals surface area (Å²) in [5, 5.41) is 11.6. The number of hydrogen-bond acceptors (Lipinski definition) is 4. The fourth-order valence-corrected chi connectivity index (χ4v) is 2.06. The number of carbonyl (C=O) groups excluding carboxylic acids is 1. The van der Waals surface area contributed by atoms with Crippen LogP contribution in [0.2, 0.25) is 0 Å². The van der Waals surface area contributed by atoms with E-state index in [0.29, 0.717) is 17.9 Å². The molecule has 0 saturated carbocycles. The highest BCUT2D eigenvalue weighted by atomic mass is 16.2. The molecule has 0 bridgehead atoms. The fraction of sp³-hybridized carbons (Fsp3) is 0.312. The summed E-state index contributed by atoms with van der Waals surface area (Å²) in [7, 11) is 3.77. The molecule has 0 aromatic carbocycles. The molecule has 0 aliphatic carbocycles. The van der Waals surface area contributed by atoms with Gasteiger partial charge in [0.05, 0.1) is 18.7 Å². The Morgan fingerprint density at radius 2 is 2.18 bits per heavy atom. The van der Waals surface area contributed by atoms with E-state index in [0.717, 1.165) is 11.4 Å². The molecule has 2 rings (SSSR count). The van der Waals surface area contributed by atoms with Crippen molar-refractivity contribution in [3.63, 3.8) is 0 Å². The number of likely N-dealkylation sites (N-methyl/N-ethyl adjacent to an activating group) is 1. The minimum absolute atomic E-state index is 0.0764. The van der Waals surface area contributed by atoms with Gasteiger partial charge in [0, 0.05) is 31.7 Å². The van der Waals surface area contributed by atoms with E-state index in [2.05, 4.69) is 10.3 Å². The quantitative estimate of drug-likeness (QED) is 0.904. The van der Waals surface area contributed by atoms with Gasteiger partial charge in [-0.05, 0) is 31.2 Å².